The molecule has 23 heavy (non-hydrogen) atoms. The topological polar surface area (TPSA) is 104 Å². The zero-order chi connectivity index (χ0) is 17.4. The third-order valence-electron chi connectivity index (χ3n) is 3.96. The number of carbonyl (C=O) groups is 2. The normalized spacial score (nSPS) is 21.7. The summed E-state index contributed by atoms with van der Waals surface area (Å²) in [5.74, 6) is -2.29. The second kappa shape index (κ2) is 6.29. The number of hydrogen-bond donors (Lipinski definition) is 2. The van der Waals surface area contributed by atoms with Crippen molar-refractivity contribution in [2.75, 3.05) is 14.1 Å². The monoisotopic (exact) mass is 340 g/mol. The number of carboxylic acids is 1. The number of sulfonamides is 1. The summed E-state index contributed by atoms with van der Waals surface area (Å²) in [6.07, 6.45) is 0.369. The lowest BCUT2D eigenvalue weighted by molar-refractivity contribution is -0.140. The Balaban J connectivity index is 2.02. The van der Waals surface area contributed by atoms with Crippen molar-refractivity contribution in [3.63, 3.8) is 0 Å². The van der Waals surface area contributed by atoms with Gasteiger partial charge in [-0.1, -0.05) is 12.1 Å². The van der Waals surface area contributed by atoms with E-state index in [9.17, 15) is 18.0 Å². The number of hydrogen-bond acceptors (Lipinski definition) is 4. The quantitative estimate of drug-likeness (QED) is 0.798. The molecule has 1 fully saturated rings. The third-order valence-corrected chi connectivity index (χ3v) is 5.79. The molecule has 126 valence electrons. The van der Waals surface area contributed by atoms with Gasteiger partial charge in [-0.05, 0) is 31.0 Å². The van der Waals surface area contributed by atoms with Crippen LogP contribution in [0.25, 0.3) is 0 Å². The average molecular weight is 340 g/mol. The average Bonchev–Trinajstić information content (AvgIpc) is 3.27. The lowest BCUT2D eigenvalue weighted by atomic mass is 10.1. The maximum absolute atomic E-state index is 12.0. The first-order valence-electron chi connectivity index (χ1n) is 7.20. The fraction of sp³-hybridized carbons (Fsp3) is 0.467. The van der Waals surface area contributed by atoms with Gasteiger partial charge >= 0.3 is 5.97 Å². The van der Waals surface area contributed by atoms with E-state index in [1.807, 2.05) is 0 Å². The minimum absolute atomic E-state index is 0.179. The zero-order valence-electron chi connectivity index (χ0n) is 13.2. The van der Waals surface area contributed by atoms with Crippen LogP contribution < -0.4 is 5.32 Å². The fourth-order valence-electron chi connectivity index (χ4n) is 2.30. The highest BCUT2D eigenvalue weighted by atomic mass is 32.2. The van der Waals surface area contributed by atoms with Gasteiger partial charge in [-0.25, -0.2) is 12.7 Å². The first-order chi connectivity index (χ1) is 10.6. The number of carboxylic acid groups (broad SMARTS) is 1. The maximum atomic E-state index is 12.0. The van der Waals surface area contributed by atoms with Crippen LogP contribution in [0.1, 0.15) is 24.9 Å². The summed E-state index contributed by atoms with van der Waals surface area (Å²) < 4.78 is 25.1. The van der Waals surface area contributed by atoms with E-state index in [-0.39, 0.29) is 16.8 Å². The fourth-order valence-corrected chi connectivity index (χ4v) is 3.20. The minimum Gasteiger partial charge on any atom is -0.481 e. The number of nitrogens with one attached hydrogen (secondary N) is 1. The van der Waals surface area contributed by atoms with Crippen LogP contribution in [0.4, 0.5) is 0 Å². The molecule has 1 saturated carbocycles. The zero-order valence-corrected chi connectivity index (χ0v) is 14.0. The van der Waals surface area contributed by atoms with Crippen molar-refractivity contribution in [2.24, 2.45) is 11.8 Å². The largest absolute Gasteiger partial charge is 0.481 e. The molecule has 0 spiro atoms. The number of aliphatic carboxylic acids is 1. The summed E-state index contributed by atoms with van der Waals surface area (Å²) in [4.78, 5) is 22.9. The van der Waals surface area contributed by atoms with E-state index in [1.54, 1.807) is 19.1 Å². The molecule has 3 atom stereocenters. The van der Waals surface area contributed by atoms with Crippen LogP contribution in [-0.4, -0.2) is 43.8 Å². The Labute approximate surface area is 135 Å². The van der Waals surface area contributed by atoms with Gasteiger partial charge in [0.05, 0.1) is 22.8 Å². The first kappa shape index (κ1) is 17.4. The molecule has 2 rings (SSSR count). The van der Waals surface area contributed by atoms with E-state index in [2.05, 4.69) is 5.32 Å². The standard InChI is InChI=1S/C15H20N2O5S/c1-9(16-14(18)12-8-13(12)15(19)20)10-4-6-11(7-5-10)23(21,22)17(2)3/h4-7,9,12-13H,8H2,1-3H3,(H,16,18)(H,19,20). The van der Waals surface area contributed by atoms with Crippen LogP contribution >= 0.6 is 0 Å². The molecule has 0 aromatic heterocycles. The van der Waals surface area contributed by atoms with Gasteiger partial charge in [0.2, 0.25) is 15.9 Å². The summed E-state index contributed by atoms with van der Waals surface area (Å²) in [6, 6.07) is 5.94. The summed E-state index contributed by atoms with van der Waals surface area (Å²) in [7, 11) is -0.564. The van der Waals surface area contributed by atoms with Crippen molar-refractivity contribution < 1.29 is 23.1 Å². The molecule has 1 aromatic carbocycles. The van der Waals surface area contributed by atoms with Crippen LogP contribution in [0.3, 0.4) is 0 Å². The van der Waals surface area contributed by atoms with Crippen LogP contribution in [-0.2, 0) is 19.6 Å². The number of nitrogens with zero attached hydrogens (tertiary/aromatic N) is 1. The van der Waals surface area contributed by atoms with Crippen molar-refractivity contribution in [3.8, 4) is 0 Å². The molecule has 0 heterocycles. The van der Waals surface area contributed by atoms with Crippen LogP contribution in [0, 0.1) is 11.8 Å². The Bertz CT molecular complexity index is 712. The predicted octanol–water partition coefficient (Wildman–Crippen LogP) is 0.835. The van der Waals surface area contributed by atoms with Gasteiger partial charge in [0.1, 0.15) is 0 Å². The molecule has 1 amide bonds. The summed E-state index contributed by atoms with van der Waals surface area (Å²) in [5, 5.41) is 11.6. The highest BCUT2D eigenvalue weighted by Crippen LogP contribution is 2.39. The molecule has 2 N–H and O–H groups in total. The SMILES string of the molecule is CC(NC(=O)C1CC1C(=O)O)c1ccc(S(=O)(=O)N(C)C)cc1. The van der Waals surface area contributed by atoms with Crippen molar-refractivity contribution in [1.82, 2.24) is 9.62 Å². The van der Waals surface area contributed by atoms with E-state index in [1.165, 1.54) is 26.2 Å². The van der Waals surface area contributed by atoms with E-state index in [0.29, 0.717) is 6.42 Å². The molecular weight excluding hydrogens is 320 g/mol. The van der Waals surface area contributed by atoms with Crippen molar-refractivity contribution in [2.45, 2.75) is 24.3 Å². The molecule has 3 unspecified atom stereocenters. The van der Waals surface area contributed by atoms with Crippen LogP contribution in [0.5, 0.6) is 0 Å². The highest BCUT2D eigenvalue weighted by Gasteiger charge is 2.48. The van der Waals surface area contributed by atoms with Gasteiger partial charge in [-0.3, -0.25) is 9.59 Å². The second-order valence-corrected chi connectivity index (χ2v) is 8.03. The first-order valence-corrected chi connectivity index (χ1v) is 8.64. The van der Waals surface area contributed by atoms with Gasteiger partial charge in [0.25, 0.3) is 0 Å². The van der Waals surface area contributed by atoms with E-state index < -0.39 is 27.8 Å². The summed E-state index contributed by atoms with van der Waals surface area (Å²) >= 11 is 0. The van der Waals surface area contributed by atoms with Gasteiger partial charge in [0.15, 0.2) is 0 Å². The van der Waals surface area contributed by atoms with E-state index in [0.717, 1.165) is 9.87 Å². The van der Waals surface area contributed by atoms with Gasteiger partial charge in [0, 0.05) is 14.1 Å². The number of amides is 1. The highest BCUT2D eigenvalue weighted by molar-refractivity contribution is 7.89. The van der Waals surface area contributed by atoms with Crippen molar-refractivity contribution in [1.29, 1.82) is 0 Å². The number of carbonyl (C=O) groups excluding carboxylic acids is 1. The summed E-state index contributed by atoms with van der Waals surface area (Å²) in [5.41, 5.74) is 0.753. The third kappa shape index (κ3) is 3.70. The predicted molar refractivity (Wildman–Crippen MR) is 83.1 cm³/mol. The Morgan fingerprint density at radius 1 is 1.22 bits per heavy atom. The van der Waals surface area contributed by atoms with Gasteiger partial charge < -0.3 is 10.4 Å². The van der Waals surface area contributed by atoms with E-state index in [4.69, 9.17) is 5.11 Å². The smallest absolute Gasteiger partial charge is 0.307 e. The van der Waals surface area contributed by atoms with Crippen molar-refractivity contribution in [3.05, 3.63) is 29.8 Å². The molecule has 1 aliphatic carbocycles. The number of benzene rings is 1. The Morgan fingerprint density at radius 3 is 2.22 bits per heavy atom. The molecule has 1 aromatic rings. The summed E-state index contributed by atoms with van der Waals surface area (Å²) in [6.45, 7) is 1.77. The molecule has 1 aliphatic rings. The Kier molecular flexibility index (Phi) is 4.76. The molecule has 7 nitrogen and oxygen atoms in total. The van der Waals surface area contributed by atoms with Gasteiger partial charge in [-0.2, -0.15) is 0 Å². The number of rotatable bonds is 6. The van der Waals surface area contributed by atoms with Crippen molar-refractivity contribution >= 4 is 21.9 Å². The molecule has 8 heteroatoms. The maximum Gasteiger partial charge on any atom is 0.307 e. The Morgan fingerprint density at radius 2 is 1.78 bits per heavy atom. The molecular formula is C15H20N2O5S. The van der Waals surface area contributed by atoms with E-state index >= 15 is 0 Å². The Hall–Kier alpha value is -1.93. The minimum atomic E-state index is -3.48. The van der Waals surface area contributed by atoms with Crippen LogP contribution in [0.2, 0.25) is 0 Å². The van der Waals surface area contributed by atoms with Gasteiger partial charge in [-0.15, -0.1) is 0 Å². The van der Waals surface area contributed by atoms with Crippen LogP contribution in [0.15, 0.2) is 29.2 Å². The lowest BCUT2D eigenvalue weighted by Crippen LogP contribution is -2.29. The molecule has 0 bridgehead atoms. The molecule has 0 aliphatic heterocycles. The lowest BCUT2D eigenvalue weighted by Gasteiger charge is -2.16. The molecule has 0 radical (unpaired) electrons. The second-order valence-electron chi connectivity index (χ2n) is 5.87. The molecule has 0 saturated heterocycles.